The molecule has 0 aliphatic carbocycles. The van der Waals surface area contributed by atoms with E-state index >= 15 is 0 Å². The molecule has 0 spiro atoms. The highest BCUT2D eigenvalue weighted by molar-refractivity contribution is 7.74. The van der Waals surface area contributed by atoms with Gasteiger partial charge in [0.05, 0.1) is 0 Å². The first-order valence-corrected chi connectivity index (χ1v) is 10.1. The molecule has 0 aromatic rings. The summed E-state index contributed by atoms with van der Waals surface area (Å²) in [6.45, 7) is 15.6. The maximum Gasteiger partial charge on any atom is 0.214 e. The summed E-state index contributed by atoms with van der Waals surface area (Å²) in [5.41, 5.74) is -0.191. The zero-order valence-electron chi connectivity index (χ0n) is 13.0. The van der Waals surface area contributed by atoms with Crippen LogP contribution in [-0.4, -0.2) is 22.6 Å². The monoisotopic (exact) mass is 294 g/mol. The fourth-order valence-corrected chi connectivity index (χ4v) is 9.90. The lowest BCUT2D eigenvalue weighted by Gasteiger charge is -2.48. The van der Waals surface area contributed by atoms with Crippen LogP contribution in [0.2, 0.25) is 0 Å². The highest BCUT2D eigenvalue weighted by atomic mass is 31.2. The molecule has 0 saturated carbocycles. The molecule has 0 aromatic carbocycles. The molecule has 1 saturated heterocycles. The molecule has 0 radical (unpaired) electrons. The first-order chi connectivity index (χ1) is 7.62. The molecule has 1 rings (SSSR count). The van der Waals surface area contributed by atoms with Crippen LogP contribution in [0.1, 0.15) is 55.4 Å². The second-order valence-corrected chi connectivity index (χ2v) is 14.9. The van der Waals surface area contributed by atoms with Gasteiger partial charge in [-0.25, -0.2) is 0 Å². The Morgan fingerprint density at radius 2 is 1.11 bits per heavy atom. The van der Waals surface area contributed by atoms with Crippen molar-refractivity contribution in [1.82, 2.24) is 0 Å². The van der Waals surface area contributed by atoms with E-state index in [1.807, 2.05) is 55.4 Å². The molecule has 1 heterocycles. The molecule has 0 amide bonds. The van der Waals surface area contributed by atoms with Crippen LogP contribution in [-0.2, 0) is 13.4 Å². The van der Waals surface area contributed by atoms with Crippen molar-refractivity contribution in [3.63, 3.8) is 0 Å². The van der Waals surface area contributed by atoms with Crippen LogP contribution in [0.25, 0.3) is 0 Å². The highest BCUT2D eigenvalue weighted by Crippen LogP contribution is 2.79. The maximum absolute atomic E-state index is 13.1. The van der Waals surface area contributed by atoms with Crippen LogP contribution in [0.3, 0.4) is 0 Å². The summed E-state index contributed by atoms with van der Waals surface area (Å²) in [5.74, 6) is 0. The second kappa shape index (κ2) is 4.21. The van der Waals surface area contributed by atoms with Crippen molar-refractivity contribution >= 4 is 14.7 Å². The van der Waals surface area contributed by atoms with E-state index in [1.165, 1.54) is 0 Å². The summed E-state index contributed by atoms with van der Waals surface area (Å²) >= 11 is 0. The van der Waals surface area contributed by atoms with Crippen LogP contribution in [0, 0.1) is 5.41 Å². The molecule has 18 heavy (non-hydrogen) atoms. The normalized spacial score (nSPS) is 37.6. The summed E-state index contributed by atoms with van der Waals surface area (Å²) in [7, 11) is -5.80. The van der Waals surface area contributed by atoms with Gasteiger partial charge in [0.25, 0.3) is 0 Å². The molecular formula is C13H28O3P2. The van der Waals surface area contributed by atoms with E-state index in [1.54, 1.807) is 0 Å². The minimum Gasteiger partial charge on any atom is -0.292 e. The Labute approximate surface area is 112 Å². The van der Waals surface area contributed by atoms with E-state index in [-0.39, 0.29) is 5.41 Å². The lowest BCUT2D eigenvalue weighted by Crippen LogP contribution is -2.37. The summed E-state index contributed by atoms with van der Waals surface area (Å²) in [6, 6.07) is 0. The van der Waals surface area contributed by atoms with Gasteiger partial charge in [0.2, 0.25) is 14.7 Å². The average molecular weight is 294 g/mol. The molecule has 0 N–H and O–H groups in total. The molecule has 1 aliphatic rings. The van der Waals surface area contributed by atoms with Gasteiger partial charge in [-0.15, -0.1) is 0 Å². The van der Waals surface area contributed by atoms with Gasteiger partial charge in [-0.2, -0.15) is 0 Å². The van der Waals surface area contributed by atoms with E-state index in [2.05, 4.69) is 0 Å². The van der Waals surface area contributed by atoms with E-state index in [0.717, 1.165) is 0 Å². The molecule has 2 atom stereocenters. The average Bonchev–Trinajstić information content (AvgIpc) is 1.93. The van der Waals surface area contributed by atoms with Gasteiger partial charge in [-0.1, -0.05) is 55.4 Å². The number of hydrogen-bond donors (Lipinski definition) is 0. The van der Waals surface area contributed by atoms with Gasteiger partial charge in [0.15, 0.2) is 0 Å². The van der Waals surface area contributed by atoms with Crippen molar-refractivity contribution in [1.29, 1.82) is 0 Å². The van der Waals surface area contributed by atoms with Crippen molar-refractivity contribution in [2.45, 2.75) is 65.7 Å². The molecule has 1 fully saturated rings. The summed E-state index contributed by atoms with van der Waals surface area (Å²) in [4.78, 5) is 0. The Morgan fingerprint density at radius 1 is 0.833 bits per heavy atom. The largest absolute Gasteiger partial charge is 0.292 e. The third-order valence-electron chi connectivity index (χ3n) is 3.58. The van der Waals surface area contributed by atoms with E-state index < -0.39 is 25.0 Å². The van der Waals surface area contributed by atoms with E-state index in [0.29, 0.717) is 12.3 Å². The Kier molecular flexibility index (Phi) is 3.85. The Bertz CT molecular complexity index is 386. The topological polar surface area (TPSA) is 43.4 Å². The first kappa shape index (κ1) is 16.5. The third-order valence-corrected chi connectivity index (χ3v) is 12.3. The van der Waals surface area contributed by atoms with Crippen LogP contribution in [0.4, 0.5) is 0 Å². The van der Waals surface area contributed by atoms with Gasteiger partial charge in [-0.05, 0) is 5.41 Å². The van der Waals surface area contributed by atoms with Crippen molar-refractivity contribution in [3.8, 4) is 0 Å². The van der Waals surface area contributed by atoms with E-state index in [9.17, 15) is 9.13 Å². The molecule has 3 nitrogen and oxygen atoms in total. The third kappa shape index (κ3) is 2.94. The van der Waals surface area contributed by atoms with Gasteiger partial charge in [0.1, 0.15) is 0 Å². The van der Waals surface area contributed by atoms with Crippen molar-refractivity contribution in [2.75, 3.05) is 12.3 Å². The summed E-state index contributed by atoms with van der Waals surface area (Å²) < 4.78 is 32.1. The quantitative estimate of drug-likeness (QED) is 0.577. The Balaban J connectivity index is 3.32. The zero-order chi connectivity index (χ0) is 14.6. The van der Waals surface area contributed by atoms with Gasteiger partial charge >= 0.3 is 0 Å². The Hall–Kier alpha value is 0.420. The van der Waals surface area contributed by atoms with Crippen LogP contribution >= 0.6 is 14.7 Å². The fraction of sp³-hybridized carbons (Fsp3) is 1.00. The standard InChI is InChI=1S/C13H28O3P2/c1-11(2,3)17(14)9-13(7,8)10-18(15,16-17)12(4,5)6/h9-10H2,1-8H3. The minimum absolute atomic E-state index is 0.191. The fourth-order valence-electron chi connectivity index (χ4n) is 2.17. The molecular weight excluding hydrogens is 266 g/mol. The predicted molar refractivity (Wildman–Crippen MR) is 79.3 cm³/mol. The van der Waals surface area contributed by atoms with Gasteiger partial charge in [0, 0.05) is 22.6 Å². The predicted octanol–water partition coefficient (Wildman–Crippen LogP) is 5.20. The molecule has 5 heteroatoms. The van der Waals surface area contributed by atoms with Crippen molar-refractivity contribution in [3.05, 3.63) is 0 Å². The van der Waals surface area contributed by atoms with Gasteiger partial charge < -0.3 is 0 Å². The smallest absolute Gasteiger partial charge is 0.214 e. The van der Waals surface area contributed by atoms with Crippen LogP contribution in [0.5, 0.6) is 0 Å². The molecule has 0 aromatic heterocycles. The number of rotatable bonds is 0. The SMILES string of the molecule is CC1(C)CP(=O)(C(C)(C)C)OP(=O)(C(C)(C)C)C1. The molecule has 2 unspecified atom stereocenters. The number of hydrogen-bond acceptors (Lipinski definition) is 3. The second-order valence-electron chi connectivity index (χ2n) is 8.25. The summed E-state index contributed by atoms with van der Waals surface area (Å²) in [6.07, 6.45) is 1.03. The lowest BCUT2D eigenvalue weighted by atomic mass is 10.00. The molecule has 1 aliphatic heterocycles. The maximum atomic E-state index is 13.1. The lowest BCUT2D eigenvalue weighted by molar-refractivity contribution is 0.344. The Morgan fingerprint density at radius 3 is 1.33 bits per heavy atom. The van der Waals surface area contributed by atoms with Crippen molar-refractivity contribution < 1.29 is 13.4 Å². The van der Waals surface area contributed by atoms with Crippen molar-refractivity contribution in [2.24, 2.45) is 5.41 Å². The van der Waals surface area contributed by atoms with Crippen LogP contribution < -0.4 is 0 Å². The van der Waals surface area contributed by atoms with E-state index in [4.69, 9.17) is 4.31 Å². The van der Waals surface area contributed by atoms with Crippen LogP contribution in [0.15, 0.2) is 0 Å². The highest BCUT2D eigenvalue weighted by Gasteiger charge is 2.56. The molecule has 0 bridgehead atoms. The molecule has 108 valence electrons. The minimum atomic E-state index is -2.90. The van der Waals surface area contributed by atoms with Gasteiger partial charge in [-0.3, -0.25) is 13.4 Å². The summed E-state index contributed by atoms with van der Waals surface area (Å²) in [5, 5.41) is -0.906. The zero-order valence-corrected chi connectivity index (χ0v) is 14.8. The first-order valence-electron chi connectivity index (χ1n) is 6.52.